The van der Waals surface area contributed by atoms with Crippen LogP contribution in [0.3, 0.4) is 0 Å². The lowest BCUT2D eigenvalue weighted by Gasteiger charge is -2.39. The molecule has 3 aromatic carbocycles. The van der Waals surface area contributed by atoms with Gasteiger partial charge in [0.1, 0.15) is 18.2 Å². The zero-order valence-electron chi connectivity index (χ0n) is 20.9. The summed E-state index contributed by atoms with van der Waals surface area (Å²) in [4.78, 5) is 13.6. The van der Waals surface area contributed by atoms with E-state index >= 15 is 0 Å². The first-order chi connectivity index (χ1) is 18.5. The molecule has 4 rings (SSSR count). The highest BCUT2D eigenvalue weighted by Crippen LogP contribution is 2.38. The highest BCUT2D eigenvalue weighted by molar-refractivity contribution is 7.92. The third-order valence-electron chi connectivity index (χ3n) is 5.84. The van der Waals surface area contributed by atoms with E-state index in [0.717, 1.165) is 35.2 Å². The van der Waals surface area contributed by atoms with Crippen LogP contribution in [0.1, 0.15) is 29.8 Å². The quantitative estimate of drug-likeness (QED) is 0.369. The smallest absolute Gasteiger partial charge is 0.416 e. The van der Waals surface area contributed by atoms with Crippen molar-refractivity contribution in [2.75, 3.05) is 17.5 Å². The molecule has 1 aliphatic rings. The van der Waals surface area contributed by atoms with Crippen LogP contribution in [0.2, 0.25) is 0 Å². The predicted molar refractivity (Wildman–Crippen MR) is 132 cm³/mol. The van der Waals surface area contributed by atoms with Crippen LogP contribution < -0.4 is 9.04 Å². The van der Waals surface area contributed by atoms with Gasteiger partial charge in [-0.2, -0.15) is 22.0 Å². The number of benzene rings is 3. The van der Waals surface area contributed by atoms with Gasteiger partial charge in [-0.05, 0) is 67.4 Å². The van der Waals surface area contributed by atoms with E-state index in [1.807, 2.05) is 0 Å². The fourth-order valence-electron chi connectivity index (χ4n) is 4.22. The van der Waals surface area contributed by atoms with Crippen LogP contribution in [0.15, 0.2) is 65.6 Å². The zero-order valence-corrected chi connectivity index (χ0v) is 21.7. The first-order valence-electron chi connectivity index (χ1n) is 11.6. The predicted octanol–water partition coefficient (Wildman–Crippen LogP) is 5.49. The molecule has 0 saturated carbocycles. The summed E-state index contributed by atoms with van der Waals surface area (Å²) < 4.78 is 112. The zero-order chi connectivity index (χ0) is 29.6. The van der Waals surface area contributed by atoms with Crippen LogP contribution in [-0.2, 0) is 16.2 Å². The molecule has 1 aliphatic heterocycles. The normalized spacial score (nSPS) is 14.5. The fraction of sp³-hybridized carbons (Fsp3) is 0.269. The van der Waals surface area contributed by atoms with E-state index < -0.39 is 63.0 Å². The lowest BCUT2D eigenvalue weighted by molar-refractivity contribution is -0.137. The summed E-state index contributed by atoms with van der Waals surface area (Å²) in [7, 11) is -4.74. The molecular formula is C26H22F6N2O5S. The van der Waals surface area contributed by atoms with Crippen LogP contribution in [-0.4, -0.2) is 49.8 Å². The molecule has 0 aliphatic carbocycles. The van der Waals surface area contributed by atoms with Crippen molar-refractivity contribution < 1.29 is 49.4 Å². The first-order valence-corrected chi connectivity index (χ1v) is 13.0. The lowest BCUT2D eigenvalue weighted by Crippen LogP contribution is -2.53. The van der Waals surface area contributed by atoms with Gasteiger partial charge >= 0.3 is 12.8 Å². The second-order valence-corrected chi connectivity index (χ2v) is 11.5. The molecule has 0 bridgehead atoms. The van der Waals surface area contributed by atoms with Crippen molar-refractivity contribution in [1.82, 2.24) is 4.90 Å². The van der Waals surface area contributed by atoms with Gasteiger partial charge in [0, 0.05) is 6.07 Å². The Hall–Kier alpha value is -3.78. The van der Waals surface area contributed by atoms with Gasteiger partial charge in [-0.15, -0.1) is 0 Å². The van der Waals surface area contributed by atoms with Gasteiger partial charge in [0.25, 0.3) is 15.9 Å². The van der Waals surface area contributed by atoms with Gasteiger partial charge < -0.3 is 14.7 Å². The highest BCUT2D eigenvalue weighted by atomic mass is 32.2. The maximum atomic E-state index is 14.2. The SMILES string of the molecule is CC(C)(O)CN1CN(S(=O)(=O)c2cccc(C(F)(F)F)c2)c2cc(-c3cc(F)cc(OC(F)F)c3)ccc2C1=O. The number of amides is 1. The summed E-state index contributed by atoms with van der Waals surface area (Å²) in [6, 6.07) is 9.53. The minimum atomic E-state index is -4.84. The monoisotopic (exact) mass is 588 g/mol. The number of hydrogen-bond acceptors (Lipinski definition) is 5. The number of ether oxygens (including phenoxy) is 1. The van der Waals surface area contributed by atoms with E-state index in [4.69, 9.17) is 0 Å². The number of alkyl halides is 5. The summed E-state index contributed by atoms with van der Waals surface area (Å²) >= 11 is 0. The van der Waals surface area contributed by atoms with E-state index in [2.05, 4.69) is 4.74 Å². The Morgan fingerprint density at radius 1 is 1.00 bits per heavy atom. The number of carbonyl (C=O) groups is 1. The highest BCUT2D eigenvalue weighted by Gasteiger charge is 2.39. The minimum absolute atomic E-state index is 0.00115. The van der Waals surface area contributed by atoms with Crippen molar-refractivity contribution in [3.8, 4) is 16.9 Å². The Morgan fingerprint density at radius 2 is 1.70 bits per heavy atom. The average Bonchev–Trinajstić information content (AvgIpc) is 2.83. The Kier molecular flexibility index (Phi) is 7.54. The Labute approximate surface area is 225 Å². The molecule has 0 radical (unpaired) electrons. The number of halogens is 6. The summed E-state index contributed by atoms with van der Waals surface area (Å²) in [5, 5.41) is 10.3. The molecular weight excluding hydrogens is 566 g/mol. The first kappa shape index (κ1) is 29.2. The number of sulfonamides is 1. The van der Waals surface area contributed by atoms with Crippen molar-refractivity contribution in [2.45, 2.75) is 37.1 Å². The van der Waals surface area contributed by atoms with Crippen LogP contribution in [0.4, 0.5) is 32.0 Å². The molecule has 0 atom stereocenters. The summed E-state index contributed by atoms with van der Waals surface area (Å²) in [5.74, 6) is -2.13. The third-order valence-corrected chi connectivity index (χ3v) is 7.58. The maximum Gasteiger partial charge on any atom is 0.416 e. The van der Waals surface area contributed by atoms with Crippen LogP contribution in [0.5, 0.6) is 5.75 Å². The second kappa shape index (κ2) is 10.3. The molecule has 7 nitrogen and oxygen atoms in total. The summed E-state index contributed by atoms with van der Waals surface area (Å²) in [5.41, 5.74) is -2.98. The molecule has 14 heteroatoms. The molecule has 214 valence electrons. The fourth-order valence-corrected chi connectivity index (χ4v) is 5.70. The maximum absolute atomic E-state index is 14.2. The largest absolute Gasteiger partial charge is 0.435 e. The number of rotatable bonds is 7. The second-order valence-electron chi connectivity index (χ2n) is 9.62. The third kappa shape index (κ3) is 6.17. The molecule has 1 heterocycles. The van der Waals surface area contributed by atoms with E-state index in [0.29, 0.717) is 16.4 Å². The van der Waals surface area contributed by atoms with E-state index in [-0.39, 0.29) is 28.9 Å². The molecule has 0 unspecified atom stereocenters. The minimum Gasteiger partial charge on any atom is -0.435 e. The molecule has 1 amide bonds. The van der Waals surface area contributed by atoms with E-state index in [1.165, 1.54) is 32.0 Å². The Morgan fingerprint density at radius 3 is 2.33 bits per heavy atom. The molecule has 0 fully saturated rings. The van der Waals surface area contributed by atoms with E-state index in [9.17, 15) is 44.7 Å². The lowest BCUT2D eigenvalue weighted by atomic mass is 9.99. The number of nitrogens with zero attached hydrogens (tertiary/aromatic N) is 2. The number of anilines is 1. The van der Waals surface area contributed by atoms with Gasteiger partial charge in [0.05, 0.1) is 33.9 Å². The van der Waals surface area contributed by atoms with Crippen LogP contribution in [0.25, 0.3) is 11.1 Å². The molecule has 3 aromatic rings. The average molecular weight is 589 g/mol. The van der Waals surface area contributed by atoms with Crippen molar-refractivity contribution in [3.05, 3.63) is 77.6 Å². The molecule has 40 heavy (non-hydrogen) atoms. The van der Waals surface area contributed by atoms with Crippen molar-refractivity contribution in [3.63, 3.8) is 0 Å². The Balaban J connectivity index is 1.88. The topological polar surface area (TPSA) is 87.2 Å². The molecule has 0 saturated heterocycles. The number of β-amino-alcohol motifs (C(OH)–C–C–N with tert-alkyl or cyclic N) is 1. The molecule has 0 aromatic heterocycles. The number of aliphatic hydroxyl groups is 1. The van der Waals surface area contributed by atoms with Gasteiger partial charge in [-0.25, -0.2) is 17.1 Å². The molecule has 1 N–H and O–H groups in total. The van der Waals surface area contributed by atoms with Crippen molar-refractivity contribution in [1.29, 1.82) is 0 Å². The van der Waals surface area contributed by atoms with Gasteiger partial charge in [-0.3, -0.25) is 4.79 Å². The van der Waals surface area contributed by atoms with Gasteiger partial charge in [0.15, 0.2) is 0 Å². The van der Waals surface area contributed by atoms with Crippen LogP contribution in [0, 0.1) is 5.82 Å². The van der Waals surface area contributed by atoms with Gasteiger partial charge in [-0.1, -0.05) is 12.1 Å². The number of hydrogen-bond donors (Lipinski definition) is 1. The summed E-state index contributed by atoms with van der Waals surface area (Å²) in [6.45, 7) is -1.47. The van der Waals surface area contributed by atoms with Crippen molar-refractivity contribution in [2.24, 2.45) is 0 Å². The summed E-state index contributed by atoms with van der Waals surface area (Å²) in [6.07, 6.45) is -4.84. The Bertz CT molecular complexity index is 1550. The number of fused-ring (bicyclic) bond motifs is 1. The standard InChI is InChI=1S/C26H22F6N2O5S/c1-25(2,36)13-33-14-34(40(37,38)20-5-3-4-17(11-20)26(30,31)32)22-10-15(6-7-21(22)23(33)35)16-8-18(27)12-19(9-16)39-24(28)29/h3-12,24,36H,13-14H2,1-2H3. The van der Waals surface area contributed by atoms with Gasteiger partial charge in [0.2, 0.25) is 0 Å². The number of carbonyl (C=O) groups excluding carboxylic acids is 1. The molecule has 0 spiro atoms. The van der Waals surface area contributed by atoms with Crippen LogP contribution >= 0.6 is 0 Å². The van der Waals surface area contributed by atoms with E-state index in [1.54, 1.807) is 0 Å². The van der Waals surface area contributed by atoms with Crippen molar-refractivity contribution >= 4 is 21.6 Å².